The minimum absolute atomic E-state index is 0.0585. The van der Waals surface area contributed by atoms with E-state index < -0.39 is 17.2 Å². The fourth-order valence-electron chi connectivity index (χ4n) is 2.87. The van der Waals surface area contributed by atoms with Crippen LogP contribution in [0.3, 0.4) is 0 Å². The Balaban J connectivity index is 1.76. The molecule has 7 nitrogen and oxygen atoms in total. The van der Waals surface area contributed by atoms with E-state index >= 15 is 0 Å². The number of fused-ring (bicyclic) bond motifs is 1. The monoisotopic (exact) mass is 370 g/mol. The third-order valence-corrected chi connectivity index (χ3v) is 4.88. The van der Waals surface area contributed by atoms with Crippen LogP contribution in [0.25, 0.3) is 11.0 Å². The molecular formula is C18H15ClN4O3. The highest BCUT2D eigenvalue weighted by atomic mass is 35.5. The van der Waals surface area contributed by atoms with Crippen LogP contribution in [0, 0.1) is 6.92 Å². The summed E-state index contributed by atoms with van der Waals surface area (Å²) in [6.07, 6.45) is 3.12. The van der Waals surface area contributed by atoms with Crippen molar-refractivity contribution in [2.45, 2.75) is 25.8 Å². The molecule has 0 saturated heterocycles. The molecule has 1 aliphatic rings. The molecule has 132 valence electrons. The maximum absolute atomic E-state index is 12.6. The van der Waals surface area contributed by atoms with E-state index in [9.17, 15) is 14.4 Å². The number of H-pyrrole nitrogens is 1. The van der Waals surface area contributed by atoms with Crippen LogP contribution in [0.2, 0.25) is 5.02 Å². The molecule has 1 saturated carbocycles. The Morgan fingerprint density at radius 1 is 1.35 bits per heavy atom. The zero-order valence-corrected chi connectivity index (χ0v) is 14.6. The first kappa shape index (κ1) is 16.5. The zero-order chi connectivity index (χ0) is 18.4. The van der Waals surface area contributed by atoms with Gasteiger partial charge in [-0.05, 0) is 43.5 Å². The topological polar surface area (TPSA) is 96.8 Å². The molecule has 4 rings (SSSR count). The van der Waals surface area contributed by atoms with Gasteiger partial charge < -0.3 is 5.32 Å². The average Bonchev–Trinajstić information content (AvgIpc) is 3.43. The van der Waals surface area contributed by atoms with E-state index in [-0.39, 0.29) is 17.0 Å². The fourth-order valence-corrected chi connectivity index (χ4v) is 3.05. The number of aromatic nitrogens is 3. The number of hydrogen-bond acceptors (Lipinski definition) is 4. The molecule has 3 aromatic rings. The molecule has 0 spiro atoms. The SMILES string of the molecule is Cc1c(Cl)cccc1NC(=O)c1cnc2c(c1)c(=O)[nH]c(=O)n2C1CC1. The smallest absolute Gasteiger partial charge is 0.322 e. The summed E-state index contributed by atoms with van der Waals surface area (Å²) in [6.45, 7) is 1.80. The standard InChI is InChI=1S/C18H15ClN4O3/c1-9-13(19)3-2-4-14(9)21-16(24)10-7-12-15(20-8-10)23(11-5-6-11)18(26)22-17(12)25/h2-4,7-8,11H,5-6H2,1H3,(H,21,24)(H,22,25,26). The fraction of sp³-hybridized carbons (Fsp3) is 0.222. The molecule has 0 unspecified atom stereocenters. The van der Waals surface area contributed by atoms with Gasteiger partial charge >= 0.3 is 5.69 Å². The summed E-state index contributed by atoms with van der Waals surface area (Å²) >= 11 is 6.07. The molecule has 0 radical (unpaired) electrons. The lowest BCUT2D eigenvalue weighted by Crippen LogP contribution is -2.30. The van der Waals surface area contributed by atoms with Gasteiger partial charge in [-0.25, -0.2) is 9.78 Å². The molecule has 2 heterocycles. The second kappa shape index (κ2) is 6.10. The van der Waals surface area contributed by atoms with Gasteiger partial charge in [0.15, 0.2) is 0 Å². The molecule has 0 bridgehead atoms. The van der Waals surface area contributed by atoms with E-state index in [4.69, 9.17) is 11.6 Å². The van der Waals surface area contributed by atoms with Crippen LogP contribution < -0.4 is 16.6 Å². The predicted molar refractivity (Wildman–Crippen MR) is 99.0 cm³/mol. The third-order valence-electron chi connectivity index (χ3n) is 4.47. The number of nitrogens with zero attached hydrogens (tertiary/aromatic N) is 2. The number of carbonyl (C=O) groups is 1. The molecular weight excluding hydrogens is 356 g/mol. The first-order valence-corrected chi connectivity index (χ1v) is 8.54. The summed E-state index contributed by atoms with van der Waals surface area (Å²) in [7, 11) is 0. The molecule has 2 aromatic heterocycles. The highest BCUT2D eigenvalue weighted by molar-refractivity contribution is 6.31. The Kier molecular flexibility index (Phi) is 3.88. The van der Waals surface area contributed by atoms with E-state index in [1.165, 1.54) is 16.8 Å². The lowest BCUT2D eigenvalue weighted by molar-refractivity contribution is 0.102. The number of amides is 1. The van der Waals surface area contributed by atoms with Gasteiger partial charge in [0.25, 0.3) is 11.5 Å². The van der Waals surface area contributed by atoms with Crippen molar-refractivity contribution < 1.29 is 4.79 Å². The molecule has 1 aromatic carbocycles. The van der Waals surface area contributed by atoms with Gasteiger partial charge in [0.1, 0.15) is 5.65 Å². The largest absolute Gasteiger partial charge is 0.330 e. The van der Waals surface area contributed by atoms with Crippen molar-refractivity contribution in [3.63, 3.8) is 0 Å². The maximum atomic E-state index is 12.6. The van der Waals surface area contributed by atoms with Gasteiger partial charge in [0.05, 0.1) is 10.9 Å². The molecule has 0 aliphatic heterocycles. The summed E-state index contributed by atoms with van der Waals surface area (Å²) in [5.74, 6) is -0.409. The summed E-state index contributed by atoms with van der Waals surface area (Å²) in [5, 5.41) is 3.53. The van der Waals surface area contributed by atoms with Gasteiger partial charge in [-0.15, -0.1) is 0 Å². The number of anilines is 1. The summed E-state index contributed by atoms with van der Waals surface area (Å²) in [6, 6.07) is 6.73. The second-order valence-electron chi connectivity index (χ2n) is 6.32. The van der Waals surface area contributed by atoms with Gasteiger partial charge in [-0.1, -0.05) is 17.7 Å². The van der Waals surface area contributed by atoms with Gasteiger partial charge in [0, 0.05) is 22.9 Å². The van der Waals surface area contributed by atoms with E-state index in [1.807, 2.05) is 0 Å². The van der Waals surface area contributed by atoms with Crippen molar-refractivity contribution in [2.24, 2.45) is 0 Å². The Labute approximate surface area is 152 Å². The van der Waals surface area contributed by atoms with Crippen molar-refractivity contribution >= 4 is 34.2 Å². The van der Waals surface area contributed by atoms with Crippen LogP contribution in [0.4, 0.5) is 5.69 Å². The molecule has 8 heteroatoms. The maximum Gasteiger partial charge on any atom is 0.330 e. The number of benzene rings is 1. The number of nitrogens with one attached hydrogen (secondary N) is 2. The van der Waals surface area contributed by atoms with Gasteiger partial charge in [-0.3, -0.25) is 19.1 Å². The van der Waals surface area contributed by atoms with Crippen LogP contribution >= 0.6 is 11.6 Å². The normalized spacial score (nSPS) is 13.8. The number of hydrogen-bond donors (Lipinski definition) is 2. The van der Waals surface area contributed by atoms with Crippen molar-refractivity contribution in [1.82, 2.24) is 14.5 Å². The van der Waals surface area contributed by atoms with Crippen molar-refractivity contribution in [2.75, 3.05) is 5.32 Å². The van der Waals surface area contributed by atoms with Crippen LogP contribution in [0.1, 0.15) is 34.8 Å². The molecule has 2 N–H and O–H groups in total. The molecule has 1 aliphatic carbocycles. The molecule has 1 amide bonds. The van der Waals surface area contributed by atoms with E-state index in [2.05, 4.69) is 15.3 Å². The lowest BCUT2D eigenvalue weighted by Gasteiger charge is -2.11. The third kappa shape index (κ3) is 2.80. The highest BCUT2D eigenvalue weighted by Gasteiger charge is 2.27. The summed E-state index contributed by atoms with van der Waals surface area (Å²) < 4.78 is 1.49. The minimum atomic E-state index is -0.553. The van der Waals surface area contributed by atoms with Crippen LogP contribution in [-0.2, 0) is 0 Å². The van der Waals surface area contributed by atoms with E-state index in [1.54, 1.807) is 25.1 Å². The van der Waals surface area contributed by atoms with E-state index in [0.717, 1.165) is 18.4 Å². The quantitative estimate of drug-likeness (QED) is 0.740. The minimum Gasteiger partial charge on any atom is -0.322 e. The second-order valence-corrected chi connectivity index (χ2v) is 6.73. The molecule has 26 heavy (non-hydrogen) atoms. The van der Waals surface area contributed by atoms with Crippen molar-refractivity contribution in [1.29, 1.82) is 0 Å². The van der Waals surface area contributed by atoms with Crippen LogP contribution in [-0.4, -0.2) is 20.4 Å². The lowest BCUT2D eigenvalue weighted by atomic mass is 10.1. The Hall–Kier alpha value is -2.93. The number of carbonyl (C=O) groups excluding carboxylic acids is 1. The summed E-state index contributed by atoms with van der Waals surface area (Å²) in [5.41, 5.74) is 0.837. The van der Waals surface area contributed by atoms with Crippen molar-refractivity contribution in [3.05, 3.63) is 67.4 Å². The first-order chi connectivity index (χ1) is 12.5. The Morgan fingerprint density at radius 2 is 2.12 bits per heavy atom. The first-order valence-electron chi connectivity index (χ1n) is 8.17. The van der Waals surface area contributed by atoms with Gasteiger partial charge in [0.2, 0.25) is 0 Å². The predicted octanol–water partition coefficient (Wildman–Crippen LogP) is 2.63. The van der Waals surface area contributed by atoms with Crippen LogP contribution in [0.5, 0.6) is 0 Å². The van der Waals surface area contributed by atoms with Gasteiger partial charge in [-0.2, -0.15) is 0 Å². The van der Waals surface area contributed by atoms with Crippen molar-refractivity contribution in [3.8, 4) is 0 Å². The number of rotatable bonds is 3. The zero-order valence-electron chi connectivity index (χ0n) is 13.9. The average molecular weight is 371 g/mol. The number of halogens is 1. The molecule has 0 atom stereocenters. The highest BCUT2D eigenvalue weighted by Crippen LogP contribution is 2.34. The molecule has 1 fully saturated rings. The Morgan fingerprint density at radius 3 is 2.85 bits per heavy atom. The number of aromatic amines is 1. The van der Waals surface area contributed by atoms with E-state index in [0.29, 0.717) is 16.4 Å². The van der Waals surface area contributed by atoms with Crippen LogP contribution in [0.15, 0.2) is 40.1 Å². The number of pyridine rings is 1. The summed E-state index contributed by atoms with van der Waals surface area (Å²) in [4.78, 5) is 43.3. The Bertz CT molecular complexity index is 1160.